The highest BCUT2D eigenvalue weighted by atomic mass is 32.1. The van der Waals surface area contributed by atoms with E-state index in [4.69, 9.17) is 12.2 Å². The fraction of sp³-hybridized carbons (Fsp3) is 0.467. The lowest BCUT2D eigenvalue weighted by atomic mass is 10.1. The zero-order valence-corrected chi connectivity index (χ0v) is 12.3. The largest absolute Gasteiger partial charge is 0.359 e. The van der Waals surface area contributed by atoms with Crippen LogP contribution in [-0.2, 0) is 4.79 Å². The number of carbonyl (C=O) groups excluding carboxylic acids is 1. The normalized spacial score (nSPS) is 23.9. The lowest BCUT2D eigenvalue weighted by Gasteiger charge is -2.10. The number of thiocarbonyl (C=S) groups is 1. The molecule has 0 aromatic heterocycles. The van der Waals surface area contributed by atoms with Crippen LogP contribution < -0.4 is 16.2 Å². The summed E-state index contributed by atoms with van der Waals surface area (Å²) >= 11 is 5.10. The Morgan fingerprint density at radius 2 is 1.90 bits per heavy atom. The molecule has 2 atom stereocenters. The molecule has 2 aliphatic carbocycles. The van der Waals surface area contributed by atoms with Gasteiger partial charge in [-0.3, -0.25) is 15.6 Å². The van der Waals surface area contributed by atoms with Crippen molar-refractivity contribution in [2.75, 3.05) is 0 Å². The van der Waals surface area contributed by atoms with Crippen molar-refractivity contribution in [1.29, 1.82) is 0 Å². The van der Waals surface area contributed by atoms with Gasteiger partial charge >= 0.3 is 0 Å². The summed E-state index contributed by atoms with van der Waals surface area (Å²) in [5.74, 6) is 0.437. The summed E-state index contributed by atoms with van der Waals surface area (Å²) in [5, 5.41) is 3.63. The van der Waals surface area contributed by atoms with Crippen molar-refractivity contribution in [3.05, 3.63) is 35.4 Å². The maximum absolute atomic E-state index is 12.0. The van der Waals surface area contributed by atoms with E-state index in [1.165, 1.54) is 11.1 Å². The van der Waals surface area contributed by atoms with Crippen LogP contribution in [0.1, 0.15) is 36.3 Å². The molecule has 0 radical (unpaired) electrons. The smallest absolute Gasteiger partial charge is 0.242 e. The van der Waals surface area contributed by atoms with Gasteiger partial charge in [0.15, 0.2) is 5.11 Å². The lowest BCUT2D eigenvalue weighted by Crippen LogP contribution is -2.48. The lowest BCUT2D eigenvalue weighted by molar-refractivity contribution is -0.122. The molecule has 2 aliphatic rings. The fourth-order valence-corrected chi connectivity index (χ4v) is 2.54. The number of hydrogen-bond donors (Lipinski definition) is 3. The second-order valence-corrected chi connectivity index (χ2v) is 6.13. The maximum atomic E-state index is 12.0. The quantitative estimate of drug-likeness (QED) is 0.586. The van der Waals surface area contributed by atoms with E-state index in [0.717, 1.165) is 19.3 Å². The van der Waals surface area contributed by atoms with E-state index in [-0.39, 0.29) is 11.8 Å². The number of hydrogen-bond acceptors (Lipinski definition) is 2. The van der Waals surface area contributed by atoms with E-state index < -0.39 is 0 Å². The monoisotopic (exact) mass is 289 g/mol. The van der Waals surface area contributed by atoms with Crippen LogP contribution in [0.15, 0.2) is 24.3 Å². The van der Waals surface area contributed by atoms with Gasteiger partial charge in [-0.1, -0.05) is 29.8 Å². The molecule has 1 amide bonds. The molecule has 2 fully saturated rings. The molecule has 106 valence electrons. The summed E-state index contributed by atoms with van der Waals surface area (Å²) in [4.78, 5) is 12.0. The molecular weight excluding hydrogens is 270 g/mol. The van der Waals surface area contributed by atoms with E-state index in [9.17, 15) is 4.79 Å². The zero-order chi connectivity index (χ0) is 14.1. The van der Waals surface area contributed by atoms with Crippen LogP contribution in [0.3, 0.4) is 0 Å². The maximum Gasteiger partial charge on any atom is 0.242 e. The fourth-order valence-electron chi connectivity index (χ4n) is 2.33. The summed E-state index contributed by atoms with van der Waals surface area (Å²) < 4.78 is 0. The minimum Gasteiger partial charge on any atom is -0.359 e. The molecule has 0 saturated heterocycles. The highest BCUT2D eigenvalue weighted by Crippen LogP contribution is 2.47. The van der Waals surface area contributed by atoms with Gasteiger partial charge in [0.25, 0.3) is 0 Å². The Bertz CT molecular complexity index is 524. The van der Waals surface area contributed by atoms with E-state index >= 15 is 0 Å². The third-order valence-corrected chi connectivity index (χ3v) is 4.06. The van der Waals surface area contributed by atoms with Gasteiger partial charge in [-0.15, -0.1) is 0 Å². The molecule has 0 spiro atoms. The van der Waals surface area contributed by atoms with Crippen LogP contribution in [0.5, 0.6) is 0 Å². The average Bonchev–Trinajstić information content (AvgIpc) is 3.30. The molecule has 0 aliphatic heterocycles. The standard InChI is InChI=1S/C15H19N3OS/c1-9-2-4-10(5-3-9)12-8-13(12)14(19)17-18-15(20)16-11-6-7-11/h2-5,11-13H,6-8H2,1H3,(H,17,19)(H2,16,18,20)/t12-,13-/m0/s1. The van der Waals surface area contributed by atoms with Crippen molar-refractivity contribution in [3.63, 3.8) is 0 Å². The van der Waals surface area contributed by atoms with Crippen LogP contribution in [0.25, 0.3) is 0 Å². The summed E-state index contributed by atoms with van der Waals surface area (Å²) in [6.45, 7) is 2.07. The molecule has 0 heterocycles. The Labute approximate surface area is 124 Å². The Morgan fingerprint density at radius 3 is 2.55 bits per heavy atom. The van der Waals surface area contributed by atoms with Gasteiger partial charge in [-0.05, 0) is 49.9 Å². The third kappa shape index (κ3) is 3.28. The van der Waals surface area contributed by atoms with Crippen LogP contribution in [-0.4, -0.2) is 17.1 Å². The second kappa shape index (κ2) is 5.40. The van der Waals surface area contributed by atoms with Gasteiger partial charge in [0.2, 0.25) is 5.91 Å². The summed E-state index contributed by atoms with van der Waals surface area (Å²) in [7, 11) is 0. The second-order valence-electron chi connectivity index (χ2n) is 5.72. The van der Waals surface area contributed by atoms with Crippen molar-refractivity contribution in [3.8, 4) is 0 Å². The molecule has 3 N–H and O–H groups in total. The molecule has 0 unspecified atom stereocenters. The highest BCUT2D eigenvalue weighted by molar-refractivity contribution is 7.80. The van der Waals surface area contributed by atoms with Gasteiger partial charge in [0.05, 0.1) is 0 Å². The number of hydrazine groups is 1. The molecule has 5 heteroatoms. The Balaban J connectivity index is 1.44. The molecular formula is C15H19N3OS. The molecule has 20 heavy (non-hydrogen) atoms. The highest BCUT2D eigenvalue weighted by Gasteiger charge is 2.43. The summed E-state index contributed by atoms with van der Waals surface area (Å²) in [6, 6.07) is 8.90. The van der Waals surface area contributed by atoms with Gasteiger partial charge in [0, 0.05) is 12.0 Å². The molecule has 3 rings (SSSR count). The average molecular weight is 289 g/mol. The Kier molecular flexibility index (Phi) is 3.61. The van der Waals surface area contributed by atoms with Crippen molar-refractivity contribution in [2.45, 2.75) is 38.1 Å². The molecule has 1 aromatic carbocycles. The van der Waals surface area contributed by atoms with Crippen molar-refractivity contribution in [2.24, 2.45) is 5.92 Å². The topological polar surface area (TPSA) is 53.2 Å². The molecule has 4 nitrogen and oxygen atoms in total. The predicted molar refractivity (Wildman–Crippen MR) is 82.1 cm³/mol. The first kappa shape index (κ1) is 13.4. The van der Waals surface area contributed by atoms with Crippen LogP contribution in [0.2, 0.25) is 0 Å². The first-order chi connectivity index (χ1) is 9.63. The van der Waals surface area contributed by atoms with E-state index in [1.54, 1.807) is 0 Å². The summed E-state index contributed by atoms with van der Waals surface area (Å²) in [6.07, 6.45) is 3.24. The van der Waals surface area contributed by atoms with Crippen LogP contribution in [0.4, 0.5) is 0 Å². The SMILES string of the molecule is Cc1ccc([C@@H]2C[C@@H]2C(=O)NNC(=S)NC2CC2)cc1. The van der Waals surface area contributed by atoms with E-state index in [2.05, 4.69) is 47.4 Å². The van der Waals surface area contributed by atoms with Crippen molar-refractivity contribution < 1.29 is 4.79 Å². The van der Waals surface area contributed by atoms with Crippen molar-refractivity contribution in [1.82, 2.24) is 16.2 Å². The Morgan fingerprint density at radius 1 is 1.20 bits per heavy atom. The van der Waals surface area contributed by atoms with Gasteiger partial charge in [-0.2, -0.15) is 0 Å². The third-order valence-electron chi connectivity index (χ3n) is 3.84. The van der Waals surface area contributed by atoms with Crippen molar-refractivity contribution >= 4 is 23.2 Å². The Hall–Kier alpha value is -1.62. The van der Waals surface area contributed by atoms with Crippen LogP contribution in [0, 0.1) is 12.8 Å². The molecule has 2 saturated carbocycles. The summed E-state index contributed by atoms with van der Waals surface area (Å²) in [5.41, 5.74) is 7.96. The molecule has 1 aromatic rings. The van der Waals surface area contributed by atoms with Crippen LogP contribution >= 0.6 is 12.2 Å². The number of amides is 1. The number of benzene rings is 1. The van der Waals surface area contributed by atoms with E-state index in [1.807, 2.05) is 0 Å². The minimum atomic E-state index is 0.0236. The number of rotatable bonds is 3. The predicted octanol–water partition coefficient (Wildman–Crippen LogP) is 1.76. The number of aryl methyl sites for hydroxylation is 1. The van der Waals surface area contributed by atoms with E-state index in [0.29, 0.717) is 17.1 Å². The minimum absolute atomic E-state index is 0.0236. The first-order valence-electron chi connectivity index (χ1n) is 7.06. The zero-order valence-electron chi connectivity index (χ0n) is 11.5. The van der Waals surface area contributed by atoms with Gasteiger partial charge < -0.3 is 5.32 Å². The first-order valence-corrected chi connectivity index (χ1v) is 7.47. The van der Waals surface area contributed by atoms with Gasteiger partial charge in [-0.25, -0.2) is 0 Å². The number of carbonyl (C=O) groups is 1. The molecule has 0 bridgehead atoms. The van der Waals surface area contributed by atoms with Gasteiger partial charge in [0.1, 0.15) is 0 Å². The number of nitrogens with one attached hydrogen (secondary N) is 3.